The Morgan fingerprint density at radius 3 is 2.32 bits per heavy atom. The standard InChI is InChI=1S/C29H31F6N3O3/c1-2-41-26(39)9-5-6-10-37-11-12-38(23(18-37)15-20-17-36-25-8-4-3-7-24(20)25)27(40)19-13-21(28(30,31)32)16-22(14-19)29(33,34)35/h3-4,7-8,13-14,16-17,23,36H,2,5-6,9-12,15,18H2,1H3. The number of carbonyl (C=O) groups excluding carboxylic acids is 2. The van der Waals surface area contributed by atoms with Crippen LogP contribution in [-0.4, -0.2) is 65.5 Å². The lowest BCUT2D eigenvalue weighted by Crippen LogP contribution is -2.56. The summed E-state index contributed by atoms with van der Waals surface area (Å²) in [5.41, 5.74) is -1.94. The van der Waals surface area contributed by atoms with E-state index in [1.165, 1.54) is 4.90 Å². The van der Waals surface area contributed by atoms with Gasteiger partial charge in [0.1, 0.15) is 0 Å². The van der Waals surface area contributed by atoms with Crippen molar-refractivity contribution in [3.05, 3.63) is 70.9 Å². The first-order valence-electron chi connectivity index (χ1n) is 13.4. The van der Waals surface area contributed by atoms with E-state index in [0.29, 0.717) is 57.6 Å². The van der Waals surface area contributed by atoms with Gasteiger partial charge in [-0.3, -0.25) is 14.5 Å². The van der Waals surface area contributed by atoms with Gasteiger partial charge in [-0.15, -0.1) is 0 Å². The van der Waals surface area contributed by atoms with Gasteiger partial charge in [-0.25, -0.2) is 0 Å². The molecule has 0 saturated carbocycles. The minimum atomic E-state index is -5.05. The van der Waals surface area contributed by atoms with Gasteiger partial charge in [0.15, 0.2) is 0 Å². The number of alkyl halides is 6. The van der Waals surface area contributed by atoms with Crippen LogP contribution < -0.4 is 0 Å². The number of piperazine rings is 1. The molecule has 1 aliphatic heterocycles. The van der Waals surface area contributed by atoms with Gasteiger partial charge < -0.3 is 14.6 Å². The number of ether oxygens (including phenoxy) is 1. The first-order chi connectivity index (χ1) is 19.4. The molecule has 1 atom stereocenters. The van der Waals surface area contributed by atoms with Crippen LogP contribution in [0.5, 0.6) is 0 Å². The molecule has 1 aliphatic rings. The molecule has 0 radical (unpaired) electrons. The zero-order valence-electron chi connectivity index (χ0n) is 22.4. The van der Waals surface area contributed by atoms with E-state index in [9.17, 15) is 35.9 Å². The summed E-state index contributed by atoms with van der Waals surface area (Å²) in [4.78, 5) is 31.9. The maximum atomic E-state index is 13.6. The maximum Gasteiger partial charge on any atom is 0.416 e. The maximum absolute atomic E-state index is 13.6. The number of nitrogens with zero attached hydrogens (tertiary/aromatic N) is 2. The average molecular weight is 584 g/mol. The SMILES string of the molecule is CCOC(=O)CCCCN1CCN(C(=O)c2cc(C(F)(F)F)cc(C(F)(F)F)c2)C(Cc2c[nH]c3ccccc23)C1. The molecule has 3 aromatic rings. The molecule has 1 aromatic heterocycles. The molecule has 4 rings (SSSR count). The highest BCUT2D eigenvalue weighted by Gasteiger charge is 2.39. The van der Waals surface area contributed by atoms with E-state index in [4.69, 9.17) is 4.74 Å². The number of benzene rings is 2. The zero-order chi connectivity index (χ0) is 29.8. The van der Waals surface area contributed by atoms with Crippen molar-refractivity contribution in [2.45, 2.75) is 51.0 Å². The summed E-state index contributed by atoms with van der Waals surface area (Å²) >= 11 is 0. The molecule has 0 bridgehead atoms. The summed E-state index contributed by atoms with van der Waals surface area (Å²) in [6.45, 7) is 3.54. The molecule has 1 saturated heterocycles. The largest absolute Gasteiger partial charge is 0.466 e. The molecule has 222 valence electrons. The molecule has 1 N–H and O–H groups in total. The Labute approximate surface area is 233 Å². The predicted octanol–water partition coefficient (Wildman–Crippen LogP) is 6.31. The number of esters is 1. The Morgan fingerprint density at radius 1 is 0.976 bits per heavy atom. The molecule has 12 heteroatoms. The number of rotatable bonds is 9. The van der Waals surface area contributed by atoms with Crippen LogP contribution in [-0.2, 0) is 28.3 Å². The van der Waals surface area contributed by atoms with Crippen LogP contribution in [0.3, 0.4) is 0 Å². The van der Waals surface area contributed by atoms with Gasteiger partial charge in [-0.1, -0.05) is 18.2 Å². The van der Waals surface area contributed by atoms with E-state index in [2.05, 4.69) is 9.88 Å². The third-order valence-corrected chi connectivity index (χ3v) is 7.20. The van der Waals surface area contributed by atoms with Crippen molar-refractivity contribution in [2.75, 3.05) is 32.8 Å². The first-order valence-corrected chi connectivity index (χ1v) is 13.4. The van der Waals surface area contributed by atoms with Crippen LogP contribution >= 0.6 is 0 Å². The topological polar surface area (TPSA) is 65.6 Å². The number of halogens is 6. The molecule has 6 nitrogen and oxygen atoms in total. The smallest absolute Gasteiger partial charge is 0.416 e. The van der Waals surface area contributed by atoms with Crippen molar-refractivity contribution in [1.29, 1.82) is 0 Å². The monoisotopic (exact) mass is 583 g/mol. The second-order valence-corrected chi connectivity index (χ2v) is 10.1. The van der Waals surface area contributed by atoms with Crippen LogP contribution in [0.2, 0.25) is 0 Å². The average Bonchev–Trinajstić information content (AvgIpc) is 3.32. The fourth-order valence-corrected chi connectivity index (χ4v) is 5.20. The molecule has 0 spiro atoms. The van der Waals surface area contributed by atoms with Crippen LogP contribution in [0.15, 0.2) is 48.7 Å². The highest BCUT2D eigenvalue weighted by molar-refractivity contribution is 5.95. The van der Waals surface area contributed by atoms with Crippen molar-refractivity contribution in [3.8, 4) is 0 Å². The van der Waals surface area contributed by atoms with Crippen molar-refractivity contribution in [2.24, 2.45) is 0 Å². The first kappa shape index (κ1) is 30.4. The molecule has 0 aliphatic carbocycles. The van der Waals surface area contributed by atoms with Gasteiger partial charge in [-0.2, -0.15) is 26.3 Å². The van der Waals surface area contributed by atoms with Gasteiger partial charge in [0.25, 0.3) is 5.91 Å². The molecule has 2 heterocycles. The number of hydrogen-bond acceptors (Lipinski definition) is 4. The van der Waals surface area contributed by atoms with Crippen LogP contribution in [0, 0.1) is 0 Å². The van der Waals surface area contributed by atoms with Crippen molar-refractivity contribution in [3.63, 3.8) is 0 Å². The summed E-state index contributed by atoms with van der Waals surface area (Å²) in [5.74, 6) is -1.16. The molecular weight excluding hydrogens is 552 g/mol. The van der Waals surface area contributed by atoms with Crippen LogP contribution in [0.4, 0.5) is 26.3 Å². The van der Waals surface area contributed by atoms with E-state index >= 15 is 0 Å². The predicted molar refractivity (Wildman–Crippen MR) is 140 cm³/mol. The van der Waals surface area contributed by atoms with E-state index in [0.717, 1.165) is 16.5 Å². The zero-order valence-corrected chi connectivity index (χ0v) is 22.4. The molecule has 41 heavy (non-hydrogen) atoms. The second kappa shape index (κ2) is 12.5. The third-order valence-electron chi connectivity index (χ3n) is 7.20. The number of aromatic nitrogens is 1. The van der Waals surface area contributed by atoms with Gasteiger partial charge >= 0.3 is 18.3 Å². The number of H-pyrrole nitrogens is 1. The highest BCUT2D eigenvalue weighted by Crippen LogP contribution is 2.37. The number of amides is 1. The van der Waals surface area contributed by atoms with Gasteiger partial charge in [-0.05, 0) is 62.6 Å². The minimum absolute atomic E-state index is 0.0223. The third kappa shape index (κ3) is 7.60. The summed E-state index contributed by atoms with van der Waals surface area (Å²) < 4.78 is 85.8. The molecule has 2 aromatic carbocycles. The Morgan fingerprint density at radius 2 is 1.66 bits per heavy atom. The van der Waals surface area contributed by atoms with Crippen LogP contribution in [0.25, 0.3) is 10.9 Å². The lowest BCUT2D eigenvalue weighted by molar-refractivity contribution is -0.144. The number of aromatic amines is 1. The van der Waals surface area contributed by atoms with Gasteiger partial charge in [0, 0.05) is 54.8 Å². The van der Waals surface area contributed by atoms with E-state index < -0.39 is 41.0 Å². The summed E-state index contributed by atoms with van der Waals surface area (Å²) in [6, 6.07) is 8.01. The van der Waals surface area contributed by atoms with E-state index in [1.54, 1.807) is 13.1 Å². The number of hydrogen-bond donors (Lipinski definition) is 1. The van der Waals surface area contributed by atoms with E-state index in [-0.39, 0.29) is 25.0 Å². The lowest BCUT2D eigenvalue weighted by atomic mass is 9.98. The Balaban J connectivity index is 1.58. The number of fused-ring (bicyclic) bond motifs is 1. The number of carbonyl (C=O) groups is 2. The fourth-order valence-electron chi connectivity index (χ4n) is 5.20. The van der Waals surface area contributed by atoms with Crippen molar-refractivity contribution in [1.82, 2.24) is 14.8 Å². The van der Waals surface area contributed by atoms with Crippen LogP contribution in [0.1, 0.15) is 53.2 Å². The molecular formula is C29H31F6N3O3. The Kier molecular flexibility index (Phi) is 9.31. The second-order valence-electron chi connectivity index (χ2n) is 10.1. The Hall–Kier alpha value is -3.54. The van der Waals surface area contributed by atoms with Gasteiger partial charge in [0.05, 0.1) is 17.7 Å². The summed E-state index contributed by atoms with van der Waals surface area (Å²) in [6.07, 6.45) is -6.38. The van der Waals surface area contributed by atoms with Gasteiger partial charge in [0.2, 0.25) is 0 Å². The van der Waals surface area contributed by atoms with Crippen molar-refractivity contribution < 1.29 is 40.7 Å². The highest BCUT2D eigenvalue weighted by atomic mass is 19.4. The minimum Gasteiger partial charge on any atom is -0.466 e. The quantitative estimate of drug-likeness (QED) is 0.182. The fraction of sp³-hybridized carbons (Fsp3) is 0.448. The number of para-hydroxylation sites is 1. The van der Waals surface area contributed by atoms with Crippen molar-refractivity contribution >= 4 is 22.8 Å². The summed E-state index contributed by atoms with van der Waals surface area (Å²) in [5, 5.41) is 0.921. The Bertz CT molecular complexity index is 1340. The molecule has 1 unspecified atom stereocenters. The lowest BCUT2D eigenvalue weighted by Gasteiger charge is -2.42. The molecule has 1 amide bonds. The van der Waals surface area contributed by atoms with E-state index in [1.807, 2.05) is 24.3 Å². The summed E-state index contributed by atoms with van der Waals surface area (Å²) in [7, 11) is 0. The number of nitrogens with one attached hydrogen (secondary N) is 1. The molecule has 1 fully saturated rings. The normalized spacial score (nSPS) is 16.8. The number of unbranched alkanes of at least 4 members (excludes halogenated alkanes) is 1.